The van der Waals surface area contributed by atoms with Crippen molar-refractivity contribution in [2.24, 2.45) is 0 Å². The van der Waals surface area contributed by atoms with E-state index in [0.717, 1.165) is 0 Å². The summed E-state index contributed by atoms with van der Waals surface area (Å²) in [6, 6.07) is 5.72. The molecule has 242 valence electrons. The molecule has 41 heavy (non-hydrogen) atoms. The molecule has 1 unspecified atom stereocenters. The summed E-state index contributed by atoms with van der Waals surface area (Å²) in [5.41, 5.74) is 0. The van der Waals surface area contributed by atoms with Crippen molar-refractivity contribution in [3.05, 3.63) is 30.6 Å². The van der Waals surface area contributed by atoms with E-state index >= 15 is 0 Å². The average molecular weight is 675 g/mol. The van der Waals surface area contributed by atoms with Gasteiger partial charge in [-0.2, -0.15) is 91.8 Å². The maximum atomic E-state index is 13.4. The number of halogens is 20. The Bertz CT molecular complexity index is 1090. The van der Waals surface area contributed by atoms with Crippen molar-refractivity contribution in [2.45, 2.75) is 65.5 Å². The molecule has 1 rings (SSSR count). The van der Waals surface area contributed by atoms with Crippen molar-refractivity contribution in [1.82, 2.24) is 4.98 Å². The lowest BCUT2D eigenvalue weighted by Gasteiger charge is -2.43. The summed E-state index contributed by atoms with van der Waals surface area (Å²) >= 11 is 0. The second-order valence-electron chi connectivity index (χ2n) is 7.37. The lowest BCUT2D eigenvalue weighted by molar-refractivity contribution is -0.452. The minimum atomic E-state index is -9.10. The van der Waals surface area contributed by atoms with E-state index in [1.807, 2.05) is 18.2 Å². The zero-order chi connectivity index (χ0) is 33.5. The maximum Gasteiger partial charge on any atom is 0.438 e. The molecule has 4 nitrogen and oxygen atoms in total. The molecule has 0 aromatic carbocycles. The van der Waals surface area contributed by atoms with E-state index in [1.54, 1.807) is 12.4 Å². The quantitative estimate of drug-likeness (QED) is 0.209. The zero-order valence-corrected chi connectivity index (χ0v) is 19.2. The fourth-order valence-corrected chi connectivity index (χ4v) is 2.64. The van der Waals surface area contributed by atoms with Crippen molar-refractivity contribution in [2.75, 3.05) is 0 Å². The van der Waals surface area contributed by atoms with Crippen LogP contribution in [0.15, 0.2) is 30.6 Å². The van der Waals surface area contributed by atoms with Crippen LogP contribution in [0.3, 0.4) is 0 Å². The third-order valence-corrected chi connectivity index (χ3v) is 5.35. The molecule has 0 aliphatic carbocycles. The largest absolute Gasteiger partial charge is 0.438 e. The van der Waals surface area contributed by atoms with Crippen LogP contribution in [0.25, 0.3) is 0 Å². The molecule has 0 spiro atoms. The van der Waals surface area contributed by atoms with E-state index in [4.69, 9.17) is 4.55 Å². The summed E-state index contributed by atoms with van der Waals surface area (Å²) in [6.45, 7) is 0. The molecule has 0 saturated heterocycles. The molecule has 0 aliphatic heterocycles. The highest BCUT2D eigenvalue weighted by Gasteiger charge is 2.96. The summed E-state index contributed by atoms with van der Waals surface area (Å²) < 4.78 is 288. The number of pyridine rings is 1. The van der Waals surface area contributed by atoms with Crippen LogP contribution in [0, 0.1) is 0 Å². The third-order valence-electron chi connectivity index (χ3n) is 4.45. The van der Waals surface area contributed by atoms with E-state index in [1.165, 1.54) is 0 Å². The van der Waals surface area contributed by atoms with Gasteiger partial charge in [-0.25, -0.2) is 4.39 Å². The predicted octanol–water partition coefficient (Wildman–Crippen LogP) is 7.29. The number of hydrogen-bond acceptors (Lipinski definition) is 3. The smallest absolute Gasteiger partial charge is 0.281 e. The van der Waals surface area contributed by atoms with Crippen molar-refractivity contribution in [3.8, 4) is 0 Å². The molecule has 0 radical (unpaired) electrons. The molecule has 1 heterocycles. The Hall–Kier alpha value is -2.34. The Morgan fingerprint density at radius 2 is 0.878 bits per heavy atom. The lowest BCUT2D eigenvalue weighted by Crippen LogP contribution is -2.75. The Balaban J connectivity index is 0.00000234. The first-order valence-corrected chi connectivity index (χ1v) is 10.6. The van der Waals surface area contributed by atoms with Crippen molar-refractivity contribution in [1.29, 1.82) is 0 Å². The summed E-state index contributed by atoms with van der Waals surface area (Å²) in [5.74, 6) is -61.1. The van der Waals surface area contributed by atoms with E-state index in [2.05, 4.69) is 4.98 Å². The Labute approximate surface area is 213 Å². The van der Waals surface area contributed by atoms with Crippen LogP contribution in [0.5, 0.6) is 0 Å². The van der Waals surface area contributed by atoms with Crippen LogP contribution in [0.1, 0.15) is 6.42 Å². The summed E-state index contributed by atoms with van der Waals surface area (Å²) in [4.78, 5) is 3.78. The summed E-state index contributed by atoms with van der Waals surface area (Å²) in [7, 11) is -8.02. The molecule has 0 fully saturated rings. The molecule has 25 heteroatoms. The molecule has 0 amide bonds. The first-order valence-electron chi connectivity index (χ1n) is 9.18. The van der Waals surface area contributed by atoms with E-state index in [-0.39, 0.29) is 0 Å². The zero-order valence-electron chi connectivity index (χ0n) is 18.3. The normalized spacial score (nSPS) is 16.1. The predicted molar refractivity (Wildman–Crippen MR) is 90.9 cm³/mol. The van der Waals surface area contributed by atoms with Gasteiger partial charge in [0.25, 0.3) is 0 Å². The first-order chi connectivity index (χ1) is 17.6. The van der Waals surface area contributed by atoms with Crippen LogP contribution in [0.2, 0.25) is 0 Å². The van der Waals surface area contributed by atoms with Crippen LogP contribution in [-0.2, 0) is 10.1 Å². The topological polar surface area (TPSA) is 67.3 Å². The van der Waals surface area contributed by atoms with Gasteiger partial charge in [-0.15, -0.1) is 0 Å². The second kappa shape index (κ2) is 11.1. The van der Waals surface area contributed by atoms with Gasteiger partial charge < -0.3 is 0 Å². The first kappa shape index (κ1) is 38.7. The van der Waals surface area contributed by atoms with Crippen LogP contribution < -0.4 is 0 Å². The van der Waals surface area contributed by atoms with Gasteiger partial charge >= 0.3 is 63.0 Å². The SMILES string of the molecule is O=S(=O)(O)C(F)(F)C(F)(F)C(F)(F)C(F)(F)C(F)(F)C(F)(F)C(F)(F)C(F)(F)C(F)CC(F)(F)F.c1ccncc1. The highest BCUT2D eigenvalue weighted by Crippen LogP contribution is 2.64. The standard InChI is InChI=1S/C11H4F20O3S.C5H5N/c12-2(1-3(13,14)15)4(16,17)5(18,19)6(20,21)7(22,23)8(24,25)9(26,27)10(28,29)11(30,31)35(32,33)34;1-2-4-6-5-3-1/h2H,1H2,(H,32,33,34);1-5H. The summed E-state index contributed by atoms with van der Waals surface area (Å²) in [5, 5.41) is -7.97. The van der Waals surface area contributed by atoms with Gasteiger partial charge in [-0.1, -0.05) is 6.07 Å². The molecule has 0 aliphatic rings. The number of nitrogens with zero attached hydrogens (tertiary/aromatic N) is 1. The second-order valence-corrected chi connectivity index (χ2v) is 8.84. The van der Waals surface area contributed by atoms with Crippen molar-refractivity contribution >= 4 is 10.1 Å². The number of alkyl halides is 20. The Morgan fingerprint density at radius 1 is 0.561 bits per heavy atom. The third kappa shape index (κ3) is 6.38. The van der Waals surface area contributed by atoms with E-state index in [0.29, 0.717) is 0 Å². The monoisotopic (exact) mass is 675 g/mol. The van der Waals surface area contributed by atoms with Gasteiger partial charge in [0.2, 0.25) is 0 Å². The van der Waals surface area contributed by atoms with Gasteiger partial charge in [0, 0.05) is 12.4 Å². The van der Waals surface area contributed by atoms with Crippen molar-refractivity contribution in [3.63, 3.8) is 0 Å². The highest BCUT2D eigenvalue weighted by atomic mass is 32.2. The van der Waals surface area contributed by atoms with Gasteiger partial charge in [0.1, 0.15) is 0 Å². The van der Waals surface area contributed by atoms with Crippen LogP contribution >= 0.6 is 0 Å². The molecule has 1 atom stereocenters. The molecule has 0 bridgehead atoms. The molecular weight excluding hydrogens is 666 g/mol. The maximum absolute atomic E-state index is 13.4. The van der Waals surface area contributed by atoms with Crippen LogP contribution in [-0.4, -0.2) is 77.0 Å². The van der Waals surface area contributed by atoms with E-state index in [9.17, 15) is 96.2 Å². The molecular formula is C16H9F20NO3S. The number of rotatable bonds is 10. The van der Waals surface area contributed by atoms with Crippen molar-refractivity contribution < 1.29 is 101 Å². The Kier molecular flexibility index (Phi) is 10.4. The fourth-order valence-electron chi connectivity index (χ4n) is 2.18. The molecule has 1 N–H and O–H groups in total. The number of hydrogen-bond donors (Lipinski definition) is 1. The minimum absolute atomic E-state index is 1.75. The van der Waals surface area contributed by atoms with E-state index < -0.39 is 75.6 Å². The van der Waals surface area contributed by atoms with Gasteiger partial charge in [0.05, 0.1) is 6.42 Å². The summed E-state index contributed by atoms with van der Waals surface area (Å²) in [6.07, 6.45) is -12.4. The van der Waals surface area contributed by atoms with Gasteiger partial charge in [0.15, 0.2) is 6.17 Å². The lowest BCUT2D eigenvalue weighted by atomic mass is 9.87. The molecule has 1 aromatic rings. The molecule has 0 saturated carbocycles. The number of aromatic nitrogens is 1. The van der Waals surface area contributed by atoms with Gasteiger partial charge in [-0.3, -0.25) is 9.54 Å². The molecule has 1 aromatic heterocycles. The Morgan fingerprint density at radius 3 is 1.12 bits per heavy atom. The highest BCUT2D eigenvalue weighted by molar-refractivity contribution is 7.87. The van der Waals surface area contributed by atoms with Gasteiger partial charge in [-0.05, 0) is 12.1 Å². The minimum Gasteiger partial charge on any atom is -0.281 e. The average Bonchev–Trinajstić information content (AvgIpc) is 2.77. The fraction of sp³-hybridized carbons (Fsp3) is 0.688. The van der Waals surface area contributed by atoms with Crippen LogP contribution in [0.4, 0.5) is 87.8 Å².